The van der Waals surface area contributed by atoms with E-state index in [-0.39, 0.29) is 38.2 Å². The fraction of sp³-hybridized carbons (Fsp3) is 0.0714. The van der Waals surface area contributed by atoms with Crippen LogP contribution in [0.15, 0.2) is 72.8 Å². The van der Waals surface area contributed by atoms with Gasteiger partial charge in [-0.05, 0) is 53.6 Å². The standard InChI is InChI=1S/C28H17Cl2NO5/c1-15-6-7-19(11-24(15)31-26(33)20-12-22(29)23(30)13-21(20)27(31)34)28(35)36-14-25(32)18-9-8-16-4-2-3-5-17(16)10-18/h2-13H,14H2,1H3. The molecule has 178 valence electrons. The third-order valence-electron chi connectivity index (χ3n) is 6.02. The van der Waals surface area contributed by atoms with E-state index < -0.39 is 24.4 Å². The van der Waals surface area contributed by atoms with Gasteiger partial charge in [0.25, 0.3) is 11.8 Å². The average molecular weight is 518 g/mol. The zero-order chi connectivity index (χ0) is 25.6. The first-order valence-electron chi connectivity index (χ1n) is 10.9. The number of rotatable bonds is 5. The minimum atomic E-state index is -0.756. The minimum absolute atomic E-state index is 0.0922. The van der Waals surface area contributed by atoms with Crippen LogP contribution in [0.5, 0.6) is 0 Å². The summed E-state index contributed by atoms with van der Waals surface area (Å²) < 4.78 is 5.25. The van der Waals surface area contributed by atoms with E-state index in [1.54, 1.807) is 25.1 Å². The highest BCUT2D eigenvalue weighted by atomic mass is 35.5. The van der Waals surface area contributed by atoms with Gasteiger partial charge < -0.3 is 4.74 Å². The summed E-state index contributed by atoms with van der Waals surface area (Å²) >= 11 is 12.1. The number of imide groups is 1. The van der Waals surface area contributed by atoms with Crippen LogP contribution < -0.4 is 4.90 Å². The molecular weight excluding hydrogens is 501 g/mol. The maximum absolute atomic E-state index is 13.0. The molecule has 8 heteroatoms. The SMILES string of the molecule is Cc1ccc(C(=O)OCC(=O)c2ccc3ccccc3c2)cc1N1C(=O)c2cc(Cl)c(Cl)cc2C1=O. The minimum Gasteiger partial charge on any atom is -0.454 e. The third-order valence-corrected chi connectivity index (χ3v) is 6.74. The summed E-state index contributed by atoms with van der Waals surface area (Å²) in [6, 6.07) is 20.1. The maximum Gasteiger partial charge on any atom is 0.338 e. The highest BCUT2D eigenvalue weighted by molar-refractivity contribution is 6.44. The molecule has 1 aliphatic rings. The normalized spacial score (nSPS) is 12.7. The second-order valence-electron chi connectivity index (χ2n) is 8.32. The zero-order valence-electron chi connectivity index (χ0n) is 18.9. The van der Waals surface area contributed by atoms with Gasteiger partial charge in [0.2, 0.25) is 0 Å². The Kier molecular flexibility index (Phi) is 6.08. The number of hydrogen-bond donors (Lipinski definition) is 0. The number of carbonyl (C=O) groups excluding carboxylic acids is 4. The van der Waals surface area contributed by atoms with Gasteiger partial charge in [-0.2, -0.15) is 0 Å². The van der Waals surface area contributed by atoms with Crippen molar-refractivity contribution in [3.8, 4) is 0 Å². The van der Waals surface area contributed by atoms with Crippen LogP contribution in [0.4, 0.5) is 5.69 Å². The Labute approximate surface area is 216 Å². The van der Waals surface area contributed by atoms with E-state index >= 15 is 0 Å². The fourth-order valence-corrected chi connectivity index (χ4v) is 4.42. The first-order valence-corrected chi connectivity index (χ1v) is 11.7. The van der Waals surface area contributed by atoms with Gasteiger partial charge in [0.1, 0.15) is 0 Å². The number of anilines is 1. The Bertz CT molecular complexity index is 1570. The summed E-state index contributed by atoms with van der Waals surface area (Å²) in [7, 11) is 0. The monoisotopic (exact) mass is 517 g/mol. The van der Waals surface area contributed by atoms with Crippen LogP contribution in [-0.4, -0.2) is 30.2 Å². The van der Waals surface area contributed by atoms with Crippen molar-refractivity contribution in [2.75, 3.05) is 11.5 Å². The van der Waals surface area contributed by atoms with Gasteiger partial charge in [-0.1, -0.05) is 65.7 Å². The van der Waals surface area contributed by atoms with E-state index in [1.165, 1.54) is 24.3 Å². The van der Waals surface area contributed by atoms with Crippen LogP contribution in [0.2, 0.25) is 10.0 Å². The van der Waals surface area contributed by atoms with Gasteiger partial charge in [0.05, 0.1) is 32.4 Å². The van der Waals surface area contributed by atoms with E-state index in [0.717, 1.165) is 15.7 Å². The number of esters is 1. The number of benzene rings is 4. The molecule has 0 aromatic heterocycles. The Morgan fingerprint density at radius 2 is 1.39 bits per heavy atom. The van der Waals surface area contributed by atoms with Crippen molar-refractivity contribution < 1.29 is 23.9 Å². The average Bonchev–Trinajstić information content (AvgIpc) is 3.11. The number of fused-ring (bicyclic) bond motifs is 2. The van der Waals surface area contributed by atoms with Gasteiger partial charge in [-0.3, -0.25) is 14.4 Å². The van der Waals surface area contributed by atoms with Crippen LogP contribution in [0.1, 0.15) is 47.0 Å². The molecule has 0 aliphatic carbocycles. The van der Waals surface area contributed by atoms with Crippen LogP contribution in [0, 0.1) is 6.92 Å². The van der Waals surface area contributed by atoms with E-state index in [0.29, 0.717) is 11.1 Å². The van der Waals surface area contributed by atoms with Crippen molar-refractivity contribution in [3.63, 3.8) is 0 Å². The van der Waals surface area contributed by atoms with E-state index in [2.05, 4.69) is 0 Å². The smallest absolute Gasteiger partial charge is 0.338 e. The number of halogens is 2. The molecule has 0 radical (unpaired) electrons. The first-order chi connectivity index (χ1) is 17.2. The molecule has 5 rings (SSSR count). The highest BCUT2D eigenvalue weighted by Crippen LogP contribution is 2.35. The molecule has 0 saturated carbocycles. The predicted octanol–water partition coefficient (Wildman–Crippen LogP) is 6.30. The molecule has 0 bridgehead atoms. The molecule has 0 N–H and O–H groups in total. The second-order valence-corrected chi connectivity index (χ2v) is 9.13. The molecule has 0 saturated heterocycles. The molecule has 2 amide bonds. The number of hydrogen-bond acceptors (Lipinski definition) is 5. The number of carbonyl (C=O) groups is 4. The molecule has 0 atom stereocenters. The van der Waals surface area contributed by atoms with E-state index in [1.807, 2.05) is 30.3 Å². The summed E-state index contributed by atoms with van der Waals surface area (Å²) in [6.45, 7) is 1.25. The van der Waals surface area contributed by atoms with Gasteiger partial charge >= 0.3 is 5.97 Å². The number of aryl methyl sites for hydroxylation is 1. The zero-order valence-corrected chi connectivity index (χ0v) is 20.4. The second kappa shape index (κ2) is 9.22. The lowest BCUT2D eigenvalue weighted by molar-refractivity contribution is 0.0474. The molecule has 0 fully saturated rings. The largest absolute Gasteiger partial charge is 0.454 e. The Morgan fingerprint density at radius 3 is 2.06 bits per heavy atom. The van der Waals surface area contributed by atoms with Crippen molar-refractivity contribution in [3.05, 3.63) is 111 Å². The molecule has 0 unspecified atom stereocenters. The van der Waals surface area contributed by atoms with Crippen molar-refractivity contribution in [1.29, 1.82) is 0 Å². The molecule has 6 nitrogen and oxygen atoms in total. The lowest BCUT2D eigenvalue weighted by Gasteiger charge is -2.17. The lowest BCUT2D eigenvalue weighted by atomic mass is 10.0. The summed E-state index contributed by atoms with van der Waals surface area (Å²) in [5.74, 6) is -2.26. The Balaban J connectivity index is 1.35. The highest BCUT2D eigenvalue weighted by Gasteiger charge is 2.38. The van der Waals surface area contributed by atoms with E-state index in [9.17, 15) is 19.2 Å². The predicted molar refractivity (Wildman–Crippen MR) is 137 cm³/mol. The van der Waals surface area contributed by atoms with Crippen LogP contribution in [0.3, 0.4) is 0 Å². The third kappa shape index (κ3) is 4.15. The maximum atomic E-state index is 13.0. The molecule has 1 heterocycles. The van der Waals surface area contributed by atoms with Crippen molar-refractivity contribution >= 4 is 63.2 Å². The van der Waals surface area contributed by atoms with Gasteiger partial charge in [0.15, 0.2) is 12.4 Å². The number of ether oxygens (including phenoxy) is 1. The summed E-state index contributed by atoms with van der Waals surface area (Å²) in [5, 5.41) is 2.21. The molecule has 4 aromatic rings. The quantitative estimate of drug-likeness (QED) is 0.176. The summed E-state index contributed by atoms with van der Waals surface area (Å²) in [5.41, 5.74) is 1.59. The van der Waals surface area contributed by atoms with Crippen LogP contribution in [-0.2, 0) is 4.74 Å². The molecule has 0 spiro atoms. The van der Waals surface area contributed by atoms with Crippen molar-refractivity contribution in [2.24, 2.45) is 0 Å². The molecular formula is C28H17Cl2NO5. The van der Waals surface area contributed by atoms with Crippen LogP contribution in [0.25, 0.3) is 10.8 Å². The van der Waals surface area contributed by atoms with Crippen molar-refractivity contribution in [2.45, 2.75) is 6.92 Å². The van der Waals surface area contributed by atoms with Gasteiger partial charge in [-0.15, -0.1) is 0 Å². The van der Waals surface area contributed by atoms with Gasteiger partial charge in [0, 0.05) is 5.56 Å². The number of Topliss-reactive ketones (excluding diaryl/α,β-unsaturated/α-hetero) is 1. The van der Waals surface area contributed by atoms with E-state index in [4.69, 9.17) is 27.9 Å². The van der Waals surface area contributed by atoms with Crippen molar-refractivity contribution in [1.82, 2.24) is 0 Å². The number of nitrogens with zero attached hydrogens (tertiary/aromatic N) is 1. The number of ketones is 1. The van der Waals surface area contributed by atoms with Crippen LogP contribution >= 0.6 is 23.2 Å². The summed E-state index contributed by atoms with van der Waals surface area (Å²) in [6.07, 6.45) is 0. The van der Waals surface area contributed by atoms with Gasteiger partial charge in [-0.25, -0.2) is 9.69 Å². The fourth-order valence-electron chi connectivity index (χ4n) is 4.09. The molecule has 1 aliphatic heterocycles. The summed E-state index contributed by atoms with van der Waals surface area (Å²) in [4.78, 5) is 52.4. The topological polar surface area (TPSA) is 80.8 Å². The Morgan fingerprint density at radius 1 is 0.778 bits per heavy atom. The molecule has 36 heavy (non-hydrogen) atoms. The first kappa shape index (κ1) is 23.7. The number of amides is 2. The Hall–Kier alpha value is -4.00. The molecule has 4 aromatic carbocycles. The lowest BCUT2D eigenvalue weighted by Crippen LogP contribution is -2.30.